The van der Waals surface area contributed by atoms with Crippen molar-refractivity contribution in [3.05, 3.63) is 0 Å². The molecule has 0 radical (unpaired) electrons. The number of nitrogens with one attached hydrogen (secondary N) is 3. The van der Waals surface area contributed by atoms with Gasteiger partial charge in [-0.15, -0.1) is 0 Å². The van der Waals surface area contributed by atoms with Crippen LogP contribution in [0.25, 0.3) is 0 Å². The van der Waals surface area contributed by atoms with Crippen LogP contribution in [0.15, 0.2) is 0 Å². The maximum atomic E-state index is 10.5. The standard InChI is InChI=1S/Ba.H6N3O6P3.Na/c;4-10(5)1-11(6,7)3-12(8,9)2-10;/h;(H6,1,2,3,4,5,6,7,8,9);/q+2;;+1/p-3. The first-order chi connectivity index (χ1) is 5.12. The van der Waals surface area contributed by atoms with Crippen molar-refractivity contribution >= 4 is 71.9 Å². The third kappa shape index (κ3) is 6.68. The second kappa shape index (κ2) is 6.27. The Morgan fingerprint density at radius 3 is 1.00 bits per heavy atom. The number of hydrogen-bond donors (Lipinski definition) is 3. The Morgan fingerprint density at radius 2 is 0.857 bits per heavy atom. The van der Waals surface area contributed by atoms with E-state index in [0.29, 0.717) is 0 Å². The summed E-state index contributed by atoms with van der Waals surface area (Å²) >= 11 is 0. The molecule has 0 bridgehead atoms. The first-order valence-corrected chi connectivity index (χ1v) is 7.31. The molecule has 0 aromatic rings. The molecule has 14 heteroatoms. The molecule has 1 aliphatic heterocycles. The van der Waals surface area contributed by atoms with Gasteiger partial charge in [0, 0.05) is 0 Å². The molecular formula is H3BaN3NaO6P3. The Kier molecular flexibility index (Phi) is 8.67. The van der Waals surface area contributed by atoms with Gasteiger partial charge in [-0.2, -0.15) is 0 Å². The van der Waals surface area contributed by atoms with Crippen molar-refractivity contribution in [3.63, 3.8) is 0 Å². The van der Waals surface area contributed by atoms with Crippen molar-refractivity contribution in [1.29, 1.82) is 0 Å². The monoisotopic (exact) mass is 395 g/mol. The topological polar surface area (TPSA) is 156 Å². The van der Waals surface area contributed by atoms with E-state index in [4.69, 9.17) is 0 Å². The molecule has 14 heavy (non-hydrogen) atoms. The van der Waals surface area contributed by atoms with Gasteiger partial charge in [0.25, 0.3) is 0 Å². The molecule has 0 atom stereocenters. The second-order valence-electron chi connectivity index (χ2n) is 1.95. The van der Waals surface area contributed by atoms with Gasteiger partial charge >= 0.3 is 78.4 Å². The van der Waals surface area contributed by atoms with E-state index in [9.17, 15) is 28.4 Å². The predicted octanol–water partition coefficient (Wildman–Crippen LogP) is -6.20. The SMILES string of the molecule is O=P1([O-])NP(=O)([O-])NP(=O)([O-])N1.[Ba+2].[Na+]. The molecule has 1 aliphatic rings. The maximum Gasteiger partial charge on any atom is 2.00 e. The van der Waals surface area contributed by atoms with E-state index >= 15 is 0 Å². The minimum Gasteiger partial charge on any atom is -0.775 e. The molecule has 72 valence electrons. The van der Waals surface area contributed by atoms with Gasteiger partial charge in [0.2, 0.25) is 0 Å². The van der Waals surface area contributed by atoms with Gasteiger partial charge in [-0.05, 0) is 0 Å². The van der Waals surface area contributed by atoms with E-state index in [2.05, 4.69) is 0 Å². The molecular weight excluding hydrogens is 391 g/mol. The molecule has 1 fully saturated rings. The van der Waals surface area contributed by atoms with Crippen molar-refractivity contribution in [2.24, 2.45) is 0 Å². The van der Waals surface area contributed by atoms with Gasteiger partial charge in [-0.3, -0.25) is 0 Å². The summed E-state index contributed by atoms with van der Waals surface area (Å²) in [6.45, 7) is 0. The zero-order valence-corrected chi connectivity index (χ0v) is 16.1. The van der Waals surface area contributed by atoms with Crippen LogP contribution in [-0.2, 0) is 13.7 Å². The molecule has 0 aliphatic carbocycles. The first kappa shape index (κ1) is 19.4. The third-order valence-electron chi connectivity index (χ3n) is 0.790. The van der Waals surface area contributed by atoms with Gasteiger partial charge in [0.15, 0.2) is 23.0 Å². The number of rotatable bonds is 0. The third-order valence-corrected chi connectivity index (χ3v) is 7.11. The summed E-state index contributed by atoms with van der Waals surface area (Å²) in [6.07, 6.45) is 0. The van der Waals surface area contributed by atoms with Crippen LogP contribution in [0.3, 0.4) is 0 Å². The Labute approximate surface area is 142 Å². The Hall–Kier alpha value is 3.02. The van der Waals surface area contributed by atoms with Crippen LogP contribution >= 0.6 is 23.0 Å². The first-order valence-electron chi connectivity index (χ1n) is 2.44. The molecule has 0 aromatic heterocycles. The summed E-state index contributed by atoms with van der Waals surface area (Å²) < 4.78 is 31.5. The summed E-state index contributed by atoms with van der Waals surface area (Å²) in [5.74, 6) is 0. The number of hydrogen-bond acceptors (Lipinski definition) is 6. The minimum absolute atomic E-state index is 0. The normalized spacial score (nSPS) is 47.4. The smallest absolute Gasteiger partial charge is 0.775 e. The van der Waals surface area contributed by atoms with Crippen LogP contribution in [-0.4, -0.2) is 48.9 Å². The molecule has 9 nitrogen and oxygen atoms in total. The van der Waals surface area contributed by atoms with Crippen LogP contribution < -0.4 is 58.8 Å². The van der Waals surface area contributed by atoms with Gasteiger partial charge in [-0.1, -0.05) is 0 Å². The Balaban J connectivity index is 0. The van der Waals surface area contributed by atoms with Crippen molar-refractivity contribution < 1.29 is 57.9 Å². The average Bonchev–Trinajstić information content (AvgIpc) is 1.44. The minimum atomic E-state index is -4.79. The fraction of sp³-hybridized carbons (Fsp3) is 0. The van der Waals surface area contributed by atoms with Crippen molar-refractivity contribution in [2.75, 3.05) is 0 Å². The van der Waals surface area contributed by atoms with E-state index in [1.807, 2.05) is 0 Å². The average molecular weight is 394 g/mol. The molecule has 0 aromatic carbocycles. The Bertz CT molecular complexity index is 273. The van der Waals surface area contributed by atoms with E-state index < -0.39 is 23.0 Å². The summed E-state index contributed by atoms with van der Waals surface area (Å²) in [4.78, 5) is 34.8. The van der Waals surface area contributed by atoms with Gasteiger partial charge < -0.3 is 28.4 Å². The fourth-order valence-electron chi connectivity index (χ4n) is 0.587. The van der Waals surface area contributed by atoms with E-state index in [1.165, 1.54) is 0 Å². The maximum absolute atomic E-state index is 10.5. The van der Waals surface area contributed by atoms with Crippen LogP contribution in [0.1, 0.15) is 0 Å². The van der Waals surface area contributed by atoms with E-state index in [1.54, 1.807) is 0 Å². The predicted molar refractivity (Wildman–Crippen MR) is 38.0 cm³/mol. The summed E-state index contributed by atoms with van der Waals surface area (Å²) in [5, 5.41) is 0. The quantitative estimate of drug-likeness (QED) is 0.269. The van der Waals surface area contributed by atoms with Crippen molar-refractivity contribution in [1.82, 2.24) is 14.6 Å². The van der Waals surface area contributed by atoms with E-state index in [-0.39, 0.29) is 78.4 Å². The van der Waals surface area contributed by atoms with Crippen LogP contribution in [0.2, 0.25) is 0 Å². The molecule has 0 unspecified atom stereocenters. The molecule has 0 amide bonds. The summed E-state index contributed by atoms with van der Waals surface area (Å²) in [7, 11) is -14.4. The zero-order chi connectivity index (χ0) is 9.62. The molecule has 1 heterocycles. The fourth-order valence-corrected chi connectivity index (χ4v) is 6.49. The van der Waals surface area contributed by atoms with Crippen LogP contribution in [0, 0.1) is 0 Å². The van der Waals surface area contributed by atoms with Gasteiger partial charge in [-0.25, -0.2) is 14.6 Å². The van der Waals surface area contributed by atoms with Gasteiger partial charge in [0.1, 0.15) is 0 Å². The second-order valence-corrected chi connectivity index (χ2v) is 7.66. The van der Waals surface area contributed by atoms with Crippen LogP contribution in [0.4, 0.5) is 0 Å². The van der Waals surface area contributed by atoms with Gasteiger partial charge in [0.05, 0.1) is 0 Å². The Morgan fingerprint density at radius 1 is 0.714 bits per heavy atom. The summed E-state index contributed by atoms with van der Waals surface area (Å²) in [5.41, 5.74) is 0. The van der Waals surface area contributed by atoms with Crippen molar-refractivity contribution in [2.45, 2.75) is 0 Å². The zero-order valence-electron chi connectivity index (χ0n) is 7.00. The largest absolute Gasteiger partial charge is 2.00 e. The van der Waals surface area contributed by atoms with Crippen LogP contribution in [0.5, 0.6) is 0 Å². The molecule has 0 saturated carbocycles. The van der Waals surface area contributed by atoms with E-state index in [0.717, 1.165) is 14.6 Å². The molecule has 1 saturated heterocycles. The molecule has 3 N–H and O–H groups in total. The molecule has 1 rings (SSSR count). The summed E-state index contributed by atoms with van der Waals surface area (Å²) in [6, 6.07) is 0. The van der Waals surface area contributed by atoms with Crippen molar-refractivity contribution in [3.8, 4) is 0 Å². The molecule has 0 spiro atoms.